The smallest absolute Gasteiger partial charge is 0.305 e. The number of esters is 1. The van der Waals surface area contributed by atoms with Crippen LogP contribution < -0.4 is 18.9 Å². The van der Waals surface area contributed by atoms with Crippen molar-refractivity contribution < 1.29 is 43.1 Å². The van der Waals surface area contributed by atoms with Crippen LogP contribution in [0, 0.1) is 0 Å². The molecule has 65 heavy (non-hydrogen) atoms. The average molecular weight is 877 g/mol. The molecule has 8 bridgehead atoms. The summed E-state index contributed by atoms with van der Waals surface area (Å²) in [5.74, 6) is 2.42. The van der Waals surface area contributed by atoms with E-state index >= 15 is 0 Å². The monoisotopic (exact) mass is 876 g/mol. The number of nitrogens with zero attached hydrogens (tertiary/aromatic N) is 2. The van der Waals surface area contributed by atoms with Gasteiger partial charge in [-0.1, -0.05) is 55.5 Å². The molecule has 0 radical (unpaired) electrons. The zero-order chi connectivity index (χ0) is 44.7. The van der Waals surface area contributed by atoms with Gasteiger partial charge in [-0.2, -0.15) is 0 Å². The summed E-state index contributed by atoms with van der Waals surface area (Å²) >= 11 is 0. The molecule has 0 saturated heterocycles. The first kappa shape index (κ1) is 43.3. The lowest BCUT2D eigenvalue weighted by Gasteiger charge is -2.10. The maximum absolute atomic E-state index is 12.0. The van der Waals surface area contributed by atoms with Gasteiger partial charge in [-0.25, -0.2) is 9.97 Å². The fourth-order valence-electron chi connectivity index (χ4n) is 8.35. The molecule has 4 aromatic carbocycles. The van der Waals surface area contributed by atoms with Crippen molar-refractivity contribution in [3.63, 3.8) is 0 Å². The Morgan fingerprint density at radius 1 is 0.554 bits per heavy atom. The van der Waals surface area contributed by atoms with Gasteiger partial charge in [-0.15, -0.1) is 0 Å². The number of benzene rings is 4. The Hall–Kier alpha value is -6.93. The summed E-state index contributed by atoms with van der Waals surface area (Å²) in [6.07, 6.45) is 2.14. The number of carbonyl (C=O) groups excluding carboxylic acids is 1. The first-order valence-electron chi connectivity index (χ1n) is 22.3. The minimum absolute atomic E-state index is 0.0128. The lowest BCUT2D eigenvalue weighted by molar-refractivity contribution is -0.143. The van der Waals surface area contributed by atoms with Crippen LogP contribution in [0.2, 0.25) is 0 Å². The van der Waals surface area contributed by atoms with E-state index in [9.17, 15) is 9.90 Å². The Morgan fingerprint density at radius 2 is 1.03 bits per heavy atom. The molecule has 0 saturated carbocycles. The number of aromatic nitrogens is 4. The largest absolute Gasteiger partial charge is 0.493 e. The van der Waals surface area contributed by atoms with E-state index in [1.807, 2.05) is 99.6 Å². The molecule has 13 nitrogen and oxygen atoms in total. The van der Waals surface area contributed by atoms with Crippen LogP contribution >= 0.6 is 0 Å². The lowest BCUT2D eigenvalue weighted by Crippen LogP contribution is -2.08. The highest BCUT2D eigenvalue weighted by Crippen LogP contribution is 2.46. The number of H-pyrrole nitrogens is 2. The van der Waals surface area contributed by atoms with Crippen molar-refractivity contribution >= 4 is 49.6 Å². The van der Waals surface area contributed by atoms with Crippen LogP contribution in [0.4, 0.5) is 0 Å². The molecule has 3 N–H and O–H groups in total. The molecule has 9 rings (SSSR count). The highest BCUT2D eigenvalue weighted by atomic mass is 16.7. The Kier molecular flexibility index (Phi) is 13.2. The highest BCUT2D eigenvalue weighted by molar-refractivity contribution is 6.13. The third-order valence-electron chi connectivity index (χ3n) is 11.3. The molecule has 2 aliphatic heterocycles. The van der Waals surface area contributed by atoms with Crippen LogP contribution in [0.25, 0.3) is 88.6 Å². The van der Waals surface area contributed by atoms with Crippen molar-refractivity contribution in [3.8, 4) is 68.0 Å². The van der Waals surface area contributed by atoms with Gasteiger partial charge in [0, 0.05) is 82.8 Å². The number of hydrogen-bond donors (Lipinski definition) is 3. The molecular weight excluding hydrogens is 825 g/mol. The van der Waals surface area contributed by atoms with Gasteiger partial charge < -0.3 is 48.2 Å². The Bertz CT molecular complexity index is 3010. The van der Waals surface area contributed by atoms with Gasteiger partial charge >= 0.3 is 5.97 Å². The number of aromatic amines is 2. The number of fused-ring (bicyclic) bond motifs is 20. The normalized spacial score (nSPS) is 11.7. The van der Waals surface area contributed by atoms with E-state index < -0.39 is 0 Å². The van der Waals surface area contributed by atoms with E-state index in [1.165, 1.54) is 0 Å². The molecular formula is C52H52N4O9. The van der Waals surface area contributed by atoms with Gasteiger partial charge in [0.25, 0.3) is 0 Å². The third kappa shape index (κ3) is 8.95. The van der Waals surface area contributed by atoms with Gasteiger partial charge in [0.05, 0.1) is 64.8 Å². The van der Waals surface area contributed by atoms with Crippen molar-refractivity contribution in [1.29, 1.82) is 0 Å². The number of aliphatic hydroxyl groups excluding tert-OH is 1. The van der Waals surface area contributed by atoms with Crippen molar-refractivity contribution in [1.82, 2.24) is 19.9 Å². The van der Waals surface area contributed by atoms with Crippen LogP contribution in [0.5, 0.6) is 23.0 Å². The molecule has 13 heteroatoms. The first-order valence-corrected chi connectivity index (χ1v) is 22.3. The quantitative estimate of drug-likeness (QED) is 0.0403. The van der Waals surface area contributed by atoms with Crippen LogP contribution in [-0.4, -0.2) is 84.2 Å². The number of rotatable bonds is 19. The van der Waals surface area contributed by atoms with Crippen molar-refractivity contribution in [2.45, 2.75) is 46.5 Å². The Morgan fingerprint density at radius 3 is 1.58 bits per heavy atom. The van der Waals surface area contributed by atoms with Gasteiger partial charge in [0.2, 0.25) is 0 Å². The number of nitrogens with one attached hydrogen (secondary N) is 2. The lowest BCUT2D eigenvalue weighted by atomic mass is 10.0. The molecule has 0 unspecified atom stereocenters. The molecule has 3 aromatic heterocycles. The minimum Gasteiger partial charge on any atom is -0.493 e. The van der Waals surface area contributed by atoms with E-state index in [2.05, 4.69) is 28.2 Å². The van der Waals surface area contributed by atoms with Gasteiger partial charge in [0.1, 0.15) is 23.0 Å². The van der Waals surface area contributed by atoms with Crippen molar-refractivity contribution in [2.75, 3.05) is 53.2 Å². The summed E-state index contributed by atoms with van der Waals surface area (Å²) in [4.78, 5) is 30.2. The average Bonchev–Trinajstić information content (AvgIpc) is 4.06. The number of ether oxygens (including phenoxy) is 7. The summed E-state index contributed by atoms with van der Waals surface area (Å²) in [6, 6.07) is 32.1. The summed E-state index contributed by atoms with van der Waals surface area (Å²) < 4.78 is 42.1. The highest BCUT2D eigenvalue weighted by Gasteiger charge is 2.25. The van der Waals surface area contributed by atoms with Gasteiger partial charge in [0.15, 0.2) is 13.6 Å². The molecule has 334 valence electrons. The van der Waals surface area contributed by atoms with Crippen LogP contribution in [0.1, 0.15) is 46.5 Å². The fraction of sp³-hybridized carbons (Fsp3) is 0.288. The molecule has 7 aromatic rings. The molecule has 2 aliphatic rings. The summed E-state index contributed by atoms with van der Waals surface area (Å²) in [6.45, 7) is 7.98. The van der Waals surface area contributed by atoms with Gasteiger partial charge in [-0.05, 0) is 68.8 Å². The second-order valence-electron chi connectivity index (χ2n) is 15.6. The molecule has 0 aliphatic carbocycles. The molecule has 0 spiro atoms. The van der Waals surface area contributed by atoms with E-state index in [0.717, 1.165) is 78.0 Å². The molecule has 5 heterocycles. The third-order valence-corrected chi connectivity index (χ3v) is 11.3. The Balaban J connectivity index is 1.33. The maximum Gasteiger partial charge on any atom is 0.305 e. The van der Waals surface area contributed by atoms with Gasteiger partial charge in [-0.3, -0.25) is 4.79 Å². The molecule has 0 fully saturated rings. The summed E-state index contributed by atoms with van der Waals surface area (Å²) in [7, 11) is 0. The summed E-state index contributed by atoms with van der Waals surface area (Å²) in [5, 5.41) is 13.2. The van der Waals surface area contributed by atoms with E-state index in [-0.39, 0.29) is 32.8 Å². The van der Waals surface area contributed by atoms with Crippen LogP contribution in [0.3, 0.4) is 0 Å². The Labute approximate surface area is 376 Å². The van der Waals surface area contributed by atoms with Crippen molar-refractivity contribution in [2.24, 2.45) is 0 Å². The standard InChI is InChI=1S/C52H52N4O9/c1-4-13-48(58)63-25-12-24-62-45-19-8-15-33-37-28-42-52-35(17-10-21-47(52)65-31-60-6-3)39(56-42)29-43-51-34(16-9-20-46(51)64-30-59-5-2)38(55-43)27-40-49-32(14-7-18-44(49)61-23-11-22-57)36(53-40)26-41(54-37)50(33)45/h7-10,14-21,26-29,54-55,57H,4-6,11-13,22-25,30-31H2,1-3H3. The summed E-state index contributed by atoms with van der Waals surface area (Å²) in [5.41, 5.74) is 9.44. The predicted molar refractivity (Wildman–Crippen MR) is 252 cm³/mol. The zero-order valence-electron chi connectivity index (χ0n) is 36.8. The van der Waals surface area contributed by atoms with Crippen molar-refractivity contribution in [3.05, 3.63) is 97.1 Å². The molecule has 0 atom stereocenters. The number of aliphatic hydroxyl groups is 1. The second kappa shape index (κ2) is 19.9. The van der Waals surface area contributed by atoms with Crippen LogP contribution in [-0.2, 0) is 19.0 Å². The minimum atomic E-state index is -0.206. The molecule has 0 amide bonds. The topological polar surface area (TPSA) is 159 Å². The second-order valence-corrected chi connectivity index (χ2v) is 15.6. The van der Waals surface area contributed by atoms with E-state index in [4.69, 9.17) is 43.1 Å². The fourth-order valence-corrected chi connectivity index (χ4v) is 8.35. The van der Waals surface area contributed by atoms with E-state index in [1.54, 1.807) is 0 Å². The SMILES string of the molecule is CCCC(=O)OCCCOc1cccc2c3cc4nc(cc5[nH]c(cc6nc(cc([nH]3)c12)-c1cccc(OCCCO)c1-6)c1cccc(OCOCC)c51)-c1cccc(OCOCC)c1-4. The predicted octanol–water partition coefficient (Wildman–Crippen LogP) is 10.9. The number of carbonyl (C=O) groups is 1. The maximum atomic E-state index is 12.0. The first-order chi connectivity index (χ1) is 32.0. The van der Waals surface area contributed by atoms with Crippen LogP contribution in [0.15, 0.2) is 97.1 Å². The number of hydrogen-bond acceptors (Lipinski definition) is 11. The van der Waals surface area contributed by atoms with E-state index in [0.29, 0.717) is 85.8 Å². The zero-order valence-corrected chi connectivity index (χ0v) is 36.8.